The molecule has 112 valence electrons. The maximum atomic E-state index is 12.4. The van der Waals surface area contributed by atoms with E-state index in [1.807, 2.05) is 24.3 Å². The van der Waals surface area contributed by atoms with Gasteiger partial charge in [-0.25, -0.2) is 0 Å². The van der Waals surface area contributed by atoms with E-state index >= 15 is 0 Å². The van der Waals surface area contributed by atoms with Crippen LogP contribution in [0.4, 0.5) is 11.4 Å². The molecule has 0 aromatic heterocycles. The van der Waals surface area contributed by atoms with E-state index in [0.29, 0.717) is 11.4 Å². The molecule has 0 radical (unpaired) electrons. The van der Waals surface area contributed by atoms with Crippen molar-refractivity contribution < 1.29 is 9.59 Å². The molecule has 4 nitrogen and oxygen atoms in total. The quantitative estimate of drug-likeness (QED) is 0.914. The average molecular weight is 312 g/mol. The summed E-state index contributed by atoms with van der Waals surface area (Å²) in [5.74, 6) is -0.147. The molecule has 0 bridgehead atoms. The van der Waals surface area contributed by atoms with Gasteiger partial charge in [0, 0.05) is 23.2 Å². The van der Waals surface area contributed by atoms with Gasteiger partial charge in [0.05, 0.1) is 5.25 Å². The largest absolute Gasteiger partial charge is 0.326 e. The zero-order valence-electron chi connectivity index (χ0n) is 12.1. The molecule has 2 N–H and O–H groups in total. The van der Waals surface area contributed by atoms with Crippen LogP contribution in [0.2, 0.25) is 0 Å². The highest BCUT2D eigenvalue weighted by molar-refractivity contribution is 8.01. The van der Waals surface area contributed by atoms with Crippen molar-refractivity contribution in [3.05, 3.63) is 54.1 Å². The molecule has 0 saturated heterocycles. The lowest BCUT2D eigenvalue weighted by atomic mass is 10.1. The Labute approximate surface area is 133 Å². The van der Waals surface area contributed by atoms with Gasteiger partial charge in [-0.05, 0) is 36.2 Å². The first-order valence-electron chi connectivity index (χ1n) is 7.05. The van der Waals surface area contributed by atoms with Gasteiger partial charge < -0.3 is 10.6 Å². The number of fused-ring (bicyclic) bond motifs is 1. The lowest BCUT2D eigenvalue weighted by Gasteiger charge is -2.11. The zero-order valence-corrected chi connectivity index (χ0v) is 12.9. The molecule has 0 fully saturated rings. The van der Waals surface area contributed by atoms with E-state index in [0.717, 1.165) is 6.42 Å². The Morgan fingerprint density at radius 2 is 1.77 bits per heavy atom. The molecule has 1 atom stereocenters. The topological polar surface area (TPSA) is 58.2 Å². The van der Waals surface area contributed by atoms with Gasteiger partial charge in [-0.2, -0.15) is 0 Å². The third-order valence-electron chi connectivity index (χ3n) is 3.39. The third kappa shape index (κ3) is 3.31. The summed E-state index contributed by atoms with van der Waals surface area (Å²) in [6.07, 6.45) is 0.748. The van der Waals surface area contributed by atoms with Gasteiger partial charge in [-0.3, -0.25) is 9.59 Å². The first kappa shape index (κ1) is 14.7. The molecule has 1 unspecified atom stereocenters. The van der Waals surface area contributed by atoms with E-state index in [4.69, 9.17) is 0 Å². The van der Waals surface area contributed by atoms with Crippen LogP contribution in [-0.4, -0.2) is 17.1 Å². The molecule has 0 saturated carbocycles. The minimum Gasteiger partial charge on any atom is -0.326 e. The summed E-state index contributed by atoms with van der Waals surface area (Å²) in [6, 6.07) is 15.3. The molecular formula is C17H16N2O2S. The minimum absolute atomic E-state index is 0.0128. The SMILES string of the molecule is CC(=O)Nc1cccc(NC(=O)C2Cc3ccccc3S2)c1. The Bertz CT molecular complexity index is 705. The molecule has 2 amide bonds. The van der Waals surface area contributed by atoms with Crippen LogP contribution in [0, 0.1) is 0 Å². The Hall–Kier alpha value is -2.27. The van der Waals surface area contributed by atoms with Crippen molar-refractivity contribution >= 4 is 35.0 Å². The van der Waals surface area contributed by atoms with Crippen molar-refractivity contribution in [3.63, 3.8) is 0 Å². The summed E-state index contributed by atoms with van der Waals surface area (Å²) in [5, 5.41) is 5.52. The van der Waals surface area contributed by atoms with Gasteiger partial charge in [0.1, 0.15) is 0 Å². The fourth-order valence-corrected chi connectivity index (χ4v) is 3.62. The maximum absolute atomic E-state index is 12.4. The molecule has 1 aliphatic heterocycles. The molecule has 2 aromatic rings. The number of rotatable bonds is 3. The summed E-state index contributed by atoms with van der Waals surface area (Å²) in [4.78, 5) is 24.7. The Balaban J connectivity index is 1.67. The molecule has 2 aromatic carbocycles. The fourth-order valence-electron chi connectivity index (χ4n) is 2.43. The molecule has 0 spiro atoms. The zero-order chi connectivity index (χ0) is 15.5. The number of carbonyl (C=O) groups excluding carboxylic acids is 2. The van der Waals surface area contributed by atoms with Crippen molar-refractivity contribution in [1.29, 1.82) is 0 Å². The van der Waals surface area contributed by atoms with Crippen LogP contribution in [-0.2, 0) is 16.0 Å². The summed E-state index contributed by atoms with van der Waals surface area (Å²) in [7, 11) is 0. The van der Waals surface area contributed by atoms with Crippen molar-refractivity contribution in [3.8, 4) is 0 Å². The van der Waals surface area contributed by atoms with Crippen LogP contribution in [0.25, 0.3) is 0 Å². The fraction of sp³-hybridized carbons (Fsp3) is 0.176. The second-order valence-electron chi connectivity index (χ2n) is 5.17. The van der Waals surface area contributed by atoms with Crippen LogP contribution in [0.3, 0.4) is 0 Å². The van der Waals surface area contributed by atoms with Gasteiger partial charge in [0.15, 0.2) is 0 Å². The number of hydrogen-bond acceptors (Lipinski definition) is 3. The van der Waals surface area contributed by atoms with Gasteiger partial charge in [0.25, 0.3) is 0 Å². The normalized spacial score (nSPS) is 16.0. The number of amides is 2. The highest BCUT2D eigenvalue weighted by atomic mass is 32.2. The Kier molecular flexibility index (Phi) is 4.15. The van der Waals surface area contributed by atoms with Crippen LogP contribution in [0.5, 0.6) is 0 Å². The standard InChI is InChI=1S/C17H16N2O2S/c1-11(20)18-13-6-4-7-14(10-13)19-17(21)16-9-12-5-2-3-8-15(12)22-16/h2-8,10,16H,9H2,1H3,(H,18,20)(H,19,21). The number of hydrogen-bond donors (Lipinski definition) is 2. The lowest BCUT2D eigenvalue weighted by Crippen LogP contribution is -2.24. The third-order valence-corrected chi connectivity index (χ3v) is 4.71. The second-order valence-corrected chi connectivity index (χ2v) is 6.41. The maximum Gasteiger partial charge on any atom is 0.238 e. The number of benzene rings is 2. The van der Waals surface area contributed by atoms with Gasteiger partial charge in [0.2, 0.25) is 11.8 Å². The van der Waals surface area contributed by atoms with Crippen molar-refractivity contribution in [2.24, 2.45) is 0 Å². The van der Waals surface area contributed by atoms with Gasteiger partial charge in [-0.1, -0.05) is 24.3 Å². The highest BCUT2D eigenvalue weighted by Gasteiger charge is 2.27. The van der Waals surface area contributed by atoms with E-state index in [2.05, 4.69) is 16.7 Å². The molecule has 1 heterocycles. The van der Waals surface area contributed by atoms with Gasteiger partial charge in [-0.15, -0.1) is 11.8 Å². The van der Waals surface area contributed by atoms with Crippen molar-refractivity contribution in [1.82, 2.24) is 0 Å². The first-order valence-corrected chi connectivity index (χ1v) is 7.93. The summed E-state index contributed by atoms with van der Waals surface area (Å²) < 4.78 is 0. The number of thioether (sulfide) groups is 1. The summed E-state index contributed by atoms with van der Waals surface area (Å²) >= 11 is 1.60. The molecule has 22 heavy (non-hydrogen) atoms. The first-order chi connectivity index (χ1) is 10.6. The number of anilines is 2. The van der Waals surface area contributed by atoms with Crippen molar-refractivity contribution in [2.45, 2.75) is 23.5 Å². The number of nitrogens with one attached hydrogen (secondary N) is 2. The lowest BCUT2D eigenvalue weighted by molar-refractivity contribution is -0.116. The summed E-state index contributed by atoms with van der Waals surface area (Å²) in [6.45, 7) is 1.46. The van der Waals surface area contributed by atoms with Crippen LogP contribution < -0.4 is 10.6 Å². The molecule has 3 rings (SSSR count). The van der Waals surface area contributed by atoms with E-state index < -0.39 is 0 Å². The second kappa shape index (κ2) is 6.23. The molecule has 0 aliphatic carbocycles. The molecule has 1 aliphatic rings. The predicted octanol–water partition coefficient (Wildman–Crippen LogP) is 3.30. The predicted molar refractivity (Wildman–Crippen MR) is 89.2 cm³/mol. The van der Waals surface area contributed by atoms with Crippen LogP contribution in [0.1, 0.15) is 12.5 Å². The average Bonchev–Trinajstić information content (AvgIpc) is 2.91. The van der Waals surface area contributed by atoms with Crippen LogP contribution in [0.15, 0.2) is 53.4 Å². The smallest absolute Gasteiger partial charge is 0.238 e. The summed E-state index contributed by atoms with van der Waals surface area (Å²) in [5.41, 5.74) is 2.58. The minimum atomic E-state index is -0.134. The van der Waals surface area contributed by atoms with Gasteiger partial charge >= 0.3 is 0 Å². The molecule has 5 heteroatoms. The van der Waals surface area contributed by atoms with Crippen LogP contribution >= 0.6 is 11.8 Å². The monoisotopic (exact) mass is 312 g/mol. The van der Waals surface area contributed by atoms with Crippen molar-refractivity contribution in [2.75, 3.05) is 10.6 Å². The van der Waals surface area contributed by atoms with E-state index in [9.17, 15) is 9.59 Å². The van der Waals surface area contributed by atoms with E-state index in [1.165, 1.54) is 17.4 Å². The van der Waals surface area contributed by atoms with E-state index in [1.54, 1.807) is 30.0 Å². The number of carbonyl (C=O) groups is 2. The Morgan fingerprint density at radius 1 is 1.05 bits per heavy atom. The highest BCUT2D eigenvalue weighted by Crippen LogP contribution is 2.37. The Morgan fingerprint density at radius 3 is 2.50 bits per heavy atom. The van der Waals surface area contributed by atoms with E-state index in [-0.39, 0.29) is 17.1 Å². The molecular weight excluding hydrogens is 296 g/mol.